The van der Waals surface area contributed by atoms with Gasteiger partial charge in [-0.15, -0.1) is 0 Å². The van der Waals surface area contributed by atoms with E-state index in [4.69, 9.17) is 10.9 Å². The second kappa shape index (κ2) is 6.83. The summed E-state index contributed by atoms with van der Waals surface area (Å²) in [5.74, 6) is 1.23. The average molecular weight is 286 g/mol. The summed E-state index contributed by atoms with van der Waals surface area (Å²) in [5, 5.41) is 5.05. The molecule has 0 aliphatic carbocycles. The molecular formula is C12H22N4O2S. The van der Waals surface area contributed by atoms with Gasteiger partial charge in [0.2, 0.25) is 10.0 Å². The Morgan fingerprint density at radius 2 is 2.05 bits per heavy atom. The second-order valence-electron chi connectivity index (χ2n) is 4.88. The third-order valence-electron chi connectivity index (χ3n) is 2.59. The average Bonchev–Trinajstić information content (AvgIpc) is 2.33. The molecule has 0 saturated heterocycles. The van der Waals surface area contributed by atoms with E-state index >= 15 is 0 Å². The molecular weight excluding hydrogens is 264 g/mol. The lowest BCUT2D eigenvalue weighted by Gasteiger charge is -2.25. The van der Waals surface area contributed by atoms with Crippen LogP contribution in [0.1, 0.15) is 20.3 Å². The predicted molar refractivity (Wildman–Crippen MR) is 76.3 cm³/mol. The maximum atomic E-state index is 11.2. The van der Waals surface area contributed by atoms with Crippen LogP contribution in [0.25, 0.3) is 0 Å². The second-order valence-corrected chi connectivity index (χ2v) is 6.44. The van der Waals surface area contributed by atoms with E-state index in [1.807, 2.05) is 0 Å². The number of nitrogens with zero attached hydrogens (tertiary/aromatic N) is 2. The summed E-state index contributed by atoms with van der Waals surface area (Å²) in [6, 6.07) is 3.16. The van der Waals surface area contributed by atoms with Gasteiger partial charge < -0.3 is 10.6 Å². The summed E-state index contributed by atoms with van der Waals surface area (Å²) in [6.07, 6.45) is 2.16. The first kappa shape index (κ1) is 15.9. The number of pyridine rings is 1. The Morgan fingerprint density at radius 1 is 1.37 bits per heavy atom. The molecule has 108 valence electrons. The molecule has 0 aliphatic rings. The number of nitrogens with two attached hydrogens (primary N) is 2. The predicted octanol–water partition coefficient (Wildman–Crippen LogP) is 0.540. The largest absolute Gasteiger partial charge is 0.356 e. The van der Waals surface area contributed by atoms with Crippen LogP contribution < -0.4 is 15.8 Å². The minimum Gasteiger partial charge on any atom is -0.356 e. The van der Waals surface area contributed by atoms with Crippen molar-refractivity contribution in [1.82, 2.24) is 4.98 Å². The van der Waals surface area contributed by atoms with Crippen LogP contribution in [0.5, 0.6) is 0 Å². The van der Waals surface area contributed by atoms with Crippen LogP contribution in [0.2, 0.25) is 0 Å². The minimum absolute atomic E-state index is 0.0274. The van der Waals surface area contributed by atoms with Crippen LogP contribution in [-0.4, -0.2) is 33.0 Å². The highest BCUT2D eigenvalue weighted by atomic mass is 32.2. The molecule has 0 unspecified atom stereocenters. The Balaban J connectivity index is 2.90. The Kier molecular flexibility index (Phi) is 5.71. The van der Waals surface area contributed by atoms with Crippen molar-refractivity contribution in [1.29, 1.82) is 0 Å². The number of hydrogen-bond acceptors (Lipinski definition) is 5. The third kappa shape index (κ3) is 5.14. The van der Waals surface area contributed by atoms with E-state index in [0.717, 1.165) is 25.3 Å². The number of anilines is 1. The zero-order valence-corrected chi connectivity index (χ0v) is 12.2. The number of aromatic nitrogens is 1. The van der Waals surface area contributed by atoms with Crippen molar-refractivity contribution in [2.24, 2.45) is 16.8 Å². The molecule has 1 heterocycles. The van der Waals surface area contributed by atoms with Crippen molar-refractivity contribution in [2.45, 2.75) is 25.2 Å². The topological polar surface area (TPSA) is 102 Å². The Hall–Kier alpha value is -1.18. The maximum Gasteiger partial charge on any atom is 0.239 e. The normalized spacial score (nSPS) is 11.8. The van der Waals surface area contributed by atoms with Gasteiger partial charge in [0.25, 0.3) is 0 Å². The van der Waals surface area contributed by atoms with Crippen molar-refractivity contribution >= 4 is 15.8 Å². The van der Waals surface area contributed by atoms with Crippen LogP contribution in [0, 0.1) is 5.92 Å². The molecule has 0 saturated carbocycles. The highest BCUT2D eigenvalue weighted by Gasteiger charge is 2.12. The highest BCUT2D eigenvalue weighted by molar-refractivity contribution is 7.89. The molecule has 0 aliphatic heterocycles. The monoisotopic (exact) mass is 286 g/mol. The van der Waals surface area contributed by atoms with Gasteiger partial charge in [0, 0.05) is 19.3 Å². The first-order valence-corrected chi connectivity index (χ1v) is 7.83. The summed E-state index contributed by atoms with van der Waals surface area (Å²) in [6.45, 7) is 6.50. The molecule has 0 fully saturated rings. The van der Waals surface area contributed by atoms with Crippen LogP contribution in [0.4, 0.5) is 5.82 Å². The molecule has 7 heteroatoms. The van der Waals surface area contributed by atoms with Gasteiger partial charge in [-0.25, -0.2) is 18.5 Å². The molecule has 0 radical (unpaired) electrons. The van der Waals surface area contributed by atoms with Crippen LogP contribution in [0.15, 0.2) is 23.2 Å². The summed E-state index contributed by atoms with van der Waals surface area (Å²) >= 11 is 0. The van der Waals surface area contributed by atoms with Crippen LogP contribution in [-0.2, 0) is 10.0 Å². The van der Waals surface area contributed by atoms with E-state index in [2.05, 4.69) is 23.7 Å². The van der Waals surface area contributed by atoms with Crippen molar-refractivity contribution in [2.75, 3.05) is 24.5 Å². The van der Waals surface area contributed by atoms with Crippen molar-refractivity contribution in [3.8, 4) is 0 Å². The number of primary sulfonamides is 1. The first-order chi connectivity index (χ1) is 8.84. The van der Waals surface area contributed by atoms with E-state index in [-0.39, 0.29) is 4.90 Å². The lowest BCUT2D eigenvalue weighted by molar-refractivity contribution is 0.593. The fourth-order valence-electron chi connectivity index (χ4n) is 1.75. The molecule has 0 spiro atoms. The Bertz CT molecular complexity index is 485. The molecule has 6 nitrogen and oxygen atoms in total. The molecule has 0 bridgehead atoms. The van der Waals surface area contributed by atoms with E-state index < -0.39 is 10.0 Å². The van der Waals surface area contributed by atoms with Gasteiger partial charge in [-0.1, -0.05) is 13.8 Å². The van der Waals surface area contributed by atoms with Gasteiger partial charge >= 0.3 is 0 Å². The van der Waals surface area contributed by atoms with Gasteiger partial charge in [-0.2, -0.15) is 0 Å². The van der Waals surface area contributed by atoms with Gasteiger partial charge in [0.1, 0.15) is 10.7 Å². The van der Waals surface area contributed by atoms with E-state index in [9.17, 15) is 8.42 Å². The molecule has 1 aromatic heterocycles. The lowest BCUT2D eigenvalue weighted by atomic mass is 10.2. The van der Waals surface area contributed by atoms with Gasteiger partial charge in [0.05, 0.1) is 0 Å². The molecule has 1 aromatic rings. The fraction of sp³-hybridized carbons (Fsp3) is 0.583. The summed E-state index contributed by atoms with van der Waals surface area (Å²) in [5.41, 5.74) is 5.52. The van der Waals surface area contributed by atoms with Crippen LogP contribution in [0.3, 0.4) is 0 Å². The third-order valence-corrected chi connectivity index (χ3v) is 3.49. The van der Waals surface area contributed by atoms with E-state index in [1.165, 1.54) is 12.3 Å². The number of hydrogen-bond donors (Lipinski definition) is 2. The smallest absolute Gasteiger partial charge is 0.239 e. The van der Waals surface area contributed by atoms with Gasteiger partial charge in [-0.3, -0.25) is 0 Å². The van der Waals surface area contributed by atoms with E-state index in [0.29, 0.717) is 12.5 Å². The Labute approximate surface area is 114 Å². The molecule has 4 N–H and O–H groups in total. The Morgan fingerprint density at radius 3 is 2.47 bits per heavy atom. The summed E-state index contributed by atoms with van der Waals surface area (Å²) in [7, 11) is -3.69. The minimum atomic E-state index is -3.69. The van der Waals surface area contributed by atoms with Gasteiger partial charge in [-0.05, 0) is 31.0 Å². The van der Waals surface area contributed by atoms with Crippen LogP contribution >= 0.6 is 0 Å². The maximum absolute atomic E-state index is 11.2. The van der Waals surface area contributed by atoms with E-state index in [1.54, 1.807) is 6.07 Å². The lowest BCUT2D eigenvalue weighted by Crippen LogP contribution is -2.30. The first-order valence-electron chi connectivity index (χ1n) is 6.28. The van der Waals surface area contributed by atoms with Gasteiger partial charge in [0.15, 0.2) is 0 Å². The van der Waals surface area contributed by atoms with Crippen molar-refractivity contribution < 1.29 is 8.42 Å². The number of rotatable bonds is 7. The number of sulfonamides is 1. The highest BCUT2D eigenvalue weighted by Crippen LogP contribution is 2.15. The molecule has 0 aromatic carbocycles. The quantitative estimate of drug-likeness (QED) is 0.761. The fourth-order valence-corrected chi connectivity index (χ4v) is 2.21. The summed E-state index contributed by atoms with van der Waals surface area (Å²) in [4.78, 5) is 6.31. The zero-order chi connectivity index (χ0) is 14.5. The van der Waals surface area contributed by atoms with Crippen molar-refractivity contribution in [3.05, 3.63) is 18.3 Å². The standard InChI is InChI=1S/C12H22N4O2S/c1-10(2)9-16(7-3-6-13)12-5-4-11(8-15-12)19(14,17)18/h4-5,8,10H,3,6-7,9,13H2,1-2H3,(H2,14,17,18). The zero-order valence-electron chi connectivity index (χ0n) is 11.4. The SMILES string of the molecule is CC(C)CN(CCCN)c1ccc(S(N)(=O)=O)cn1. The molecule has 0 atom stereocenters. The molecule has 0 amide bonds. The molecule has 19 heavy (non-hydrogen) atoms. The summed E-state index contributed by atoms with van der Waals surface area (Å²) < 4.78 is 22.3. The van der Waals surface area contributed by atoms with Crippen molar-refractivity contribution in [3.63, 3.8) is 0 Å². The molecule has 1 rings (SSSR count).